The first-order chi connectivity index (χ1) is 14.7. The van der Waals surface area contributed by atoms with Gasteiger partial charge in [0.25, 0.3) is 5.22 Å². The summed E-state index contributed by atoms with van der Waals surface area (Å²) in [6.07, 6.45) is 4.27. The van der Waals surface area contributed by atoms with Gasteiger partial charge < -0.3 is 14.1 Å². The Labute approximate surface area is 180 Å². The number of ether oxygens (including phenoxy) is 1. The van der Waals surface area contributed by atoms with E-state index >= 15 is 0 Å². The quantitative estimate of drug-likeness (QED) is 0.521. The molecule has 0 bridgehead atoms. The molecule has 156 valence electrons. The van der Waals surface area contributed by atoms with E-state index in [-0.39, 0.29) is 17.7 Å². The Balaban J connectivity index is 1.43. The molecule has 0 N–H and O–H groups in total. The number of carbonyl (C=O) groups is 1. The molecule has 2 aromatic carbocycles. The zero-order chi connectivity index (χ0) is 20.8. The van der Waals surface area contributed by atoms with Gasteiger partial charge in [-0.15, -0.1) is 10.2 Å². The van der Waals surface area contributed by atoms with Gasteiger partial charge in [-0.25, -0.2) is 0 Å². The zero-order valence-corrected chi connectivity index (χ0v) is 17.8. The van der Waals surface area contributed by atoms with Crippen molar-refractivity contribution in [1.82, 2.24) is 15.1 Å². The molecule has 7 heteroatoms. The minimum atomic E-state index is 0.0917. The first kappa shape index (κ1) is 20.5. The summed E-state index contributed by atoms with van der Waals surface area (Å²) in [5, 5.41) is 8.60. The Kier molecular flexibility index (Phi) is 6.69. The second-order valence-corrected chi connectivity index (χ2v) is 8.18. The lowest BCUT2D eigenvalue weighted by molar-refractivity contribution is -0.130. The summed E-state index contributed by atoms with van der Waals surface area (Å²) in [5.74, 6) is 1.67. The first-order valence-electron chi connectivity index (χ1n) is 10.2. The van der Waals surface area contributed by atoms with E-state index < -0.39 is 0 Å². The molecule has 2 heterocycles. The highest BCUT2D eigenvalue weighted by atomic mass is 32.2. The molecule has 6 nitrogen and oxygen atoms in total. The number of rotatable bonds is 6. The van der Waals surface area contributed by atoms with Crippen LogP contribution in [0.1, 0.15) is 37.3 Å². The number of carbonyl (C=O) groups excluding carboxylic acids is 1. The molecule has 0 spiro atoms. The largest absolute Gasteiger partial charge is 0.497 e. The third kappa shape index (κ3) is 4.84. The monoisotopic (exact) mass is 423 g/mol. The highest BCUT2D eigenvalue weighted by molar-refractivity contribution is 7.99. The molecule has 1 aliphatic heterocycles. The third-order valence-corrected chi connectivity index (χ3v) is 6.12. The van der Waals surface area contributed by atoms with Crippen molar-refractivity contribution in [2.75, 3.05) is 19.4 Å². The van der Waals surface area contributed by atoms with Crippen molar-refractivity contribution in [3.05, 3.63) is 60.2 Å². The Hall–Kier alpha value is -2.80. The van der Waals surface area contributed by atoms with Gasteiger partial charge in [0.15, 0.2) is 0 Å². The number of amides is 1. The molecule has 1 aromatic heterocycles. The molecule has 1 unspecified atom stereocenters. The second kappa shape index (κ2) is 9.80. The molecular weight excluding hydrogens is 398 g/mol. The summed E-state index contributed by atoms with van der Waals surface area (Å²) in [5.41, 5.74) is 2.02. The summed E-state index contributed by atoms with van der Waals surface area (Å²) >= 11 is 1.30. The number of hydrogen-bond acceptors (Lipinski definition) is 6. The Morgan fingerprint density at radius 1 is 1.10 bits per heavy atom. The molecule has 1 atom stereocenters. The number of methoxy groups -OCH3 is 1. The van der Waals surface area contributed by atoms with Crippen LogP contribution in [0.4, 0.5) is 0 Å². The molecule has 1 saturated heterocycles. The van der Waals surface area contributed by atoms with Gasteiger partial charge in [0, 0.05) is 12.1 Å². The average molecular weight is 424 g/mol. The van der Waals surface area contributed by atoms with Gasteiger partial charge in [-0.05, 0) is 42.7 Å². The standard InChI is InChI=1S/C23H25N3O3S/c1-28-19-13-11-17(12-14-19)20-10-6-3-7-15-26(20)21(27)16-30-23-25-24-22(29-23)18-8-4-2-5-9-18/h2,4-5,8-9,11-14,20H,3,6-7,10,15-16H2,1H3. The molecule has 1 aliphatic rings. The number of hydrogen-bond donors (Lipinski definition) is 0. The normalized spacial score (nSPS) is 16.8. The molecular formula is C23H25N3O3S. The minimum Gasteiger partial charge on any atom is -0.497 e. The van der Waals surface area contributed by atoms with Gasteiger partial charge in [0.1, 0.15) is 5.75 Å². The van der Waals surface area contributed by atoms with E-state index in [1.807, 2.05) is 47.4 Å². The van der Waals surface area contributed by atoms with Gasteiger partial charge in [0.2, 0.25) is 11.8 Å². The van der Waals surface area contributed by atoms with Crippen molar-refractivity contribution < 1.29 is 13.9 Å². The van der Waals surface area contributed by atoms with Gasteiger partial charge in [-0.2, -0.15) is 0 Å². The van der Waals surface area contributed by atoms with Crippen molar-refractivity contribution in [3.8, 4) is 17.2 Å². The summed E-state index contributed by atoms with van der Waals surface area (Å²) in [6, 6.07) is 17.8. The van der Waals surface area contributed by atoms with Crippen molar-refractivity contribution in [2.45, 2.75) is 36.9 Å². The maximum atomic E-state index is 13.1. The molecule has 4 rings (SSSR count). The van der Waals surface area contributed by atoms with Gasteiger partial charge in [-0.3, -0.25) is 4.79 Å². The van der Waals surface area contributed by atoms with E-state index in [1.54, 1.807) is 7.11 Å². The maximum Gasteiger partial charge on any atom is 0.277 e. The van der Waals surface area contributed by atoms with Gasteiger partial charge in [0.05, 0.1) is 18.9 Å². The predicted molar refractivity (Wildman–Crippen MR) is 116 cm³/mol. The first-order valence-corrected chi connectivity index (χ1v) is 11.2. The fourth-order valence-corrected chi connectivity index (χ4v) is 4.40. The van der Waals surface area contributed by atoms with Crippen molar-refractivity contribution in [1.29, 1.82) is 0 Å². The lowest BCUT2D eigenvalue weighted by Gasteiger charge is -2.30. The summed E-state index contributed by atoms with van der Waals surface area (Å²) in [6.45, 7) is 0.773. The number of aromatic nitrogens is 2. The fraction of sp³-hybridized carbons (Fsp3) is 0.348. The van der Waals surface area contributed by atoms with Crippen molar-refractivity contribution >= 4 is 17.7 Å². The van der Waals surface area contributed by atoms with Gasteiger partial charge in [-0.1, -0.05) is 54.9 Å². The second-order valence-electron chi connectivity index (χ2n) is 7.25. The topological polar surface area (TPSA) is 68.5 Å². The van der Waals surface area contributed by atoms with Crippen LogP contribution in [-0.2, 0) is 4.79 Å². The molecule has 30 heavy (non-hydrogen) atoms. The van der Waals surface area contributed by atoms with E-state index in [9.17, 15) is 4.79 Å². The summed E-state index contributed by atoms with van der Waals surface area (Å²) in [4.78, 5) is 15.1. The average Bonchev–Trinajstić information content (AvgIpc) is 3.14. The molecule has 0 radical (unpaired) electrons. The van der Waals surface area contributed by atoms with E-state index in [0.717, 1.165) is 49.1 Å². The Morgan fingerprint density at radius 3 is 2.67 bits per heavy atom. The predicted octanol–water partition coefficient (Wildman–Crippen LogP) is 4.98. The lowest BCUT2D eigenvalue weighted by Crippen LogP contribution is -2.36. The molecule has 0 saturated carbocycles. The van der Waals surface area contributed by atoms with Crippen molar-refractivity contribution in [3.63, 3.8) is 0 Å². The molecule has 1 amide bonds. The van der Waals surface area contributed by atoms with Crippen LogP contribution in [0.2, 0.25) is 0 Å². The van der Waals surface area contributed by atoms with E-state index in [4.69, 9.17) is 9.15 Å². The van der Waals surface area contributed by atoms with Crippen LogP contribution in [0.5, 0.6) is 5.75 Å². The van der Waals surface area contributed by atoms with Crippen LogP contribution < -0.4 is 4.74 Å². The van der Waals surface area contributed by atoms with Crippen molar-refractivity contribution in [2.24, 2.45) is 0 Å². The number of benzene rings is 2. The Bertz CT molecular complexity index is 959. The smallest absolute Gasteiger partial charge is 0.277 e. The van der Waals surface area contributed by atoms with E-state index in [2.05, 4.69) is 22.3 Å². The fourth-order valence-electron chi connectivity index (χ4n) is 3.75. The highest BCUT2D eigenvalue weighted by Crippen LogP contribution is 2.32. The maximum absolute atomic E-state index is 13.1. The zero-order valence-electron chi connectivity index (χ0n) is 17.0. The minimum absolute atomic E-state index is 0.0917. The summed E-state index contributed by atoms with van der Waals surface area (Å²) in [7, 11) is 1.66. The number of thioether (sulfide) groups is 1. The van der Waals surface area contributed by atoms with Crippen LogP contribution in [-0.4, -0.2) is 40.4 Å². The SMILES string of the molecule is COc1ccc(C2CCCCCN2C(=O)CSc2nnc(-c3ccccc3)o2)cc1. The van der Waals surface area contributed by atoms with E-state index in [1.165, 1.54) is 11.8 Å². The highest BCUT2D eigenvalue weighted by Gasteiger charge is 2.27. The molecule has 1 fully saturated rings. The van der Waals surface area contributed by atoms with Crippen LogP contribution >= 0.6 is 11.8 Å². The Morgan fingerprint density at radius 2 is 1.90 bits per heavy atom. The van der Waals surface area contributed by atoms with Gasteiger partial charge >= 0.3 is 0 Å². The van der Waals surface area contributed by atoms with Crippen LogP contribution in [0, 0.1) is 0 Å². The van der Waals surface area contributed by atoms with Crippen LogP contribution in [0.25, 0.3) is 11.5 Å². The van der Waals surface area contributed by atoms with E-state index in [0.29, 0.717) is 11.1 Å². The molecule has 3 aromatic rings. The number of likely N-dealkylation sites (tertiary alicyclic amines) is 1. The molecule has 0 aliphatic carbocycles. The van der Waals surface area contributed by atoms with Crippen LogP contribution in [0.3, 0.4) is 0 Å². The summed E-state index contributed by atoms with van der Waals surface area (Å²) < 4.78 is 11.0. The number of nitrogens with zero attached hydrogens (tertiary/aromatic N) is 3. The third-order valence-electron chi connectivity index (χ3n) is 5.32. The lowest BCUT2D eigenvalue weighted by atomic mass is 10.0. The van der Waals surface area contributed by atoms with Crippen LogP contribution in [0.15, 0.2) is 64.2 Å².